The highest BCUT2D eigenvalue weighted by Gasteiger charge is 2.29. The van der Waals surface area contributed by atoms with Gasteiger partial charge in [-0.1, -0.05) is 19.1 Å². The van der Waals surface area contributed by atoms with Crippen LogP contribution < -0.4 is 0 Å². The minimum Gasteiger partial charge on any atom is -0.476 e. The smallest absolute Gasteiger partial charge is 0.358 e. The summed E-state index contributed by atoms with van der Waals surface area (Å²) < 4.78 is 1.43. The largest absolute Gasteiger partial charge is 0.476 e. The van der Waals surface area contributed by atoms with Crippen molar-refractivity contribution in [2.24, 2.45) is 5.92 Å². The van der Waals surface area contributed by atoms with Gasteiger partial charge in [0.05, 0.1) is 12.1 Å². The first kappa shape index (κ1) is 15.1. The molecule has 1 unspecified atom stereocenters. The van der Waals surface area contributed by atoms with Crippen LogP contribution in [0, 0.1) is 5.92 Å². The molecular formula is C14H18N4O3. The van der Waals surface area contributed by atoms with Crippen LogP contribution in [0.5, 0.6) is 0 Å². The Labute approximate surface area is 122 Å². The van der Waals surface area contributed by atoms with Gasteiger partial charge in [0.25, 0.3) is 0 Å². The third-order valence-corrected chi connectivity index (χ3v) is 3.61. The van der Waals surface area contributed by atoms with Crippen LogP contribution in [0.3, 0.4) is 0 Å². The van der Waals surface area contributed by atoms with Crippen LogP contribution in [-0.4, -0.2) is 41.8 Å². The summed E-state index contributed by atoms with van der Waals surface area (Å²) in [4.78, 5) is 15.2. The summed E-state index contributed by atoms with van der Waals surface area (Å²) in [6.45, 7) is 5.63. The molecule has 0 spiro atoms. The van der Waals surface area contributed by atoms with Crippen LogP contribution in [0.1, 0.15) is 31.3 Å². The Balaban J connectivity index is 2.51. The topological polar surface area (TPSA) is 101 Å². The summed E-state index contributed by atoms with van der Waals surface area (Å²) in [7, 11) is 0. The maximum Gasteiger partial charge on any atom is 0.358 e. The number of rotatable bonds is 5. The van der Waals surface area contributed by atoms with Gasteiger partial charge in [-0.15, -0.1) is 5.10 Å². The molecule has 0 aliphatic heterocycles. The summed E-state index contributed by atoms with van der Waals surface area (Å²) in [5, 5.41) is 27.3. The van der Waals surface area contributed by atoms with Gasteiger partial charge in [-0.25, -0.2) is 9.48 Å². The van der Waals surface area contributed by atoms with E-state index in [2.05, 4.69) is 15.3 Å². The number of carboxylic acids is 1. The fourth-order valence-corrected chi connectivity index (χ4v) is 1.85. The quantitative estimate of drug-likeness (QED) is 0.864. The molecule has 7 heteroatoms. The van der Waals surface area contributed by atoms with E-state index in [0.29, 0.717) is 11.3 Å². The third-order valence-electron chi connectivity index (χ3n) is 3.61. The normalized spacial score (nSPS) is 14.1. The van der Waals surface area contributed by atoms with Gasteiger partial charge in [0.2, 0.25) is 0 Å². The Morgan fingerprint density at radius 1 is 1.38 bits per heavy atom. The zero-order valence-electron chi connectivity index (χ0n) is 12.2. The number of pyridine rings is 1. The molecule has 0 aromatic carbocycles. The molecule has 0 amide bonds. The van der Waals surface area contributed by atoms with Gasteiger partial charge >= 0.3 is 5.97 Å². The van der Waals surface area contributed by atoms with E-state index >= 15 is 0 Å². The van der Waals surface area contributed by atoms with Crippen LogP contribution in [0.25, 0.3) is 11.3 Å². The molecule has 2 aromatic heterocycles. The molecule has 0 saturated heterocycles. The lowest BCUT2D eigenvalue weighted by atomic mass is 9.92. The van der Waals surface area contributed by atoms with Gasteiger partial charge < -0.3 is 10.2 Å². The maximum absolute atomic E-state index is 11.3. The Hall–Kier alpha value is -2.28. The van der Waals surface area contributed by atoms with Crippen molar-refractivity contribution in [2.45, 2.75) is 32.9 Å². The van der Waals surface area contributed by atoms with Crippen LogP contribution in [0.2, 0.25) is 0 Å². The first-order chi connectivity index (χ1) is 9.83. The average molecular weight is 290 g/mol. The predicted molar refractivity (Wildman–Crippen MR) is 75.7 cm³/mol. The molecule has 0 fully saturated rings. The molecule has 0 saturated carbocycles. The van der Waals surface area contributed by atoms with Crippen molar-refractivity contribution in [2.75, 3.05) is 0 Å². The number of nitrogens with zero attached hydrogens (tertiary/aromatic N) is 4. The number of aliphatic hydroxyl groups is 1. The Morgan fingerprint density at radius 2 is 2.00 bits per heavy atom. The maximum atomic E-state index is 11.3. The van der Waals surface area contributed by atoms with Crippen molar-refractivity contribution in [1.82, 2.24) is 20.0 Å². The van der Waals surface area contributed by atoms with E-state index in [9.17, 15) is 15.0 Å². The van der Waals surface area contributed by atoms with Crippen molar-refractivity contribution in [3.8, 4) is 11.3 Å². The molecule has 2 N–H and O–H groups in total. The molecule has 21 heavy (non-hydrogen) atoms. The van der Waals surface area contributed by atoms with Gasteiger partial charge in [0.1, 0.15) is 5.69 Å². The van der Waals surface area contributed by atoms with Crippen LogP contribution in [0.15, 0.2) is 24.5 Å². The summed E-state index contributed by atoms with van der Waals surface area (Å²) >= 11 is 0. The molecule has 0 aliphatic carbocycles. The summed E-state index contributed by atoms with van der Waals surface area (Å²) in [5.74, 6) is -1.17. The van der Waals surface area contributed by atoms with Gasteiger partial charge in [-0.2, -0.15) is 0 Å². The molecule has 2 aromatic rings. The highest BCUT2D eigenvalue weighted by molar-refractivity contribution is 5.92. The molecule has 2 rings (SSSR count). The van der Waals surface area contributed by atoms with Crippen molar-refractivity contribution < 1.29 is 15.0 Å². The number of carbonyl (C=O) groups is 1. The molecule has 2 heterocycles. The highest BCUT2D eigenvalue weighted by Crippen LogP contribution is 2.25. The predicted octanol–water partition coefficient (Wildman–Crippen LogP) is 1.45. The van der Waals surface area contributed by atoms with Crippen LogP contribution in [0.4, 0.5) is 0 Å². The van der Waals surface area contributed by atoms with Gasteiger partial charge in [-0.05, 0) is 25.0 Å². The van der Waals surface area contributed by atoms with E-state index in [1.54, 1.807) is 31.5 Å². The second-order valence-electron chi connectivity index (χ2n) is 5.50. The summed E-state index contributed by atoms with van der Waals surface area (Å²) in [6, 6.07) is 3.37. The van der Waals surface area contributed by atoms with Crippen LogP contribution in [-0.2, 0) is 6.54 Å². The lowest BCUT2D eigenvalue weighted by Crippen LogP contribution is -2.36. The number of hydrogen-bond acceptors (Lipinski definition) is 5. The molecule has 7 nitrogen and oxygen atoms in total. The lowest BCUT2D eigenvalue weighted by Gasteiger charge is -2.27. The Kier molecular flexibility index (Phi) is 4.04. The molecule has 112 valence electrons. The van der Waals surface area contributed by atoms with Gasteiger partial charge in [-0.3, -0.25) is 4.98 Å². The van der Waals surface area contributed by atoms with E-state index in [0.717, 1.165) is 0 Å². The molecular weight excluding hydrogens is 272 g/mol. The SMILES string of the molecule is CC(C)C(C)(O)Cn1nnc(C(=O)O)c1-c1ccncc1. The van der Waals surface area contributed by atoms with Gasteiger partial charge in [0, 0.05) is 18.0 Å². The number of aromatic carboxylic acids is 1. The molecule has 0 bridgehead atoms. The molecule has 1 atom stereocenters. The second kappa shape index (κ2) is 5.61. The molecule has 0 radical (unpaired) electrons. The summed E-state index contributed by atoms with van der Waals surface area (Å²) in [5.41, 5.74) is -0.149. The molecule has 0 aliphatic rings. The number of hydrogen-bond donors (Lipinski definition) is 2. The van der Waals surface area contributed by atoms with E-state index < -0.39 is 11.6 Å². The van der Waals surface area contributed by atoms with E-state index in [1.807, 2.05) is 13.8 Å². The highest BCUT2D eigenvalue weighted by atomic mass is 16.4. The van der Waals surface area contributed by atoms with Gasteiger partial charge in [0.15, 0.2) is 5.69 Å². The third kappa shape index (κ3) is 3.08. The zero-order chi connectivity index (χ0) is 15.6. The minimum absolute atomic E-state index is 0.0136. The van der Waals surface area contributed by atoms with E-state index in [1.165, 1.54) is 4.68 Å². The first-order valence-electron chi connectivity index (χ1n) is 6.62. The fourth-order valence-electron chi connectivity index (χ4n) is 1.85. The Bertz CT molecular complexity index is 635. The fraction of sp³-hybridized carbons (Fsp3) is 0.429. The Morgan fingerprint density at radius 3 is 2.52 bits per heavy atom. The van der Waals surface area contributed by atoms with Crippen molar-refractivity contribution in [3.05, 3.63) is 30.2 Å². The monoisotopic (exact) mass is 290 g/mol. The standard InChI is InChI=1S/C14H18N4O3/c1-9(2)14(3,21)8-18-12(10-4-6-15-7-5-10)11(13(19)20)16-17-18/h4-7,9,21H,8H2,1-3H3,(H,19,20). The first-order valence-corrected chi connectivity index (χ1v) is 6.62. The zero-order valence-corrected chi connectivity index (χ0v) is 12.2. The number of aromatic nitrogens is 4. The second-order valence-corrected chi connectivity index (χ2v) is 5.50. The van der Waals surface area contributed by atoms with Crippen molar-refractivity contribution in [3.63, 3.8) is 0 Å². The summed E-state index contributed by atoms with van der Waals surface area (Å²) in [6.07, 6.45) is 3.14. The van der Waals surface area contributed by atoms with E-state index in [-0.39, 0.29) is 18.2 Å². The number of carboxylic acid groups (broad SMARTS) is 1. The van der Waals surface area contributed by atoms with Crippen molar-refractivity contribution >= 4 is 5.97 Å². The average Bonchev–Trinajstić information content (AvgIpc) is 2.82. The van der Waals surface area contributed by atoms with E-state index in [4.69, 9.17) is 0 Å². The minimum atomic E-state index is -1.16. The van der Waals surface area contributed by atoms with Crippen LogP contribution >= 0.6 is 0 Å². The van der Waals surface area contributed by atoms with Crippen molar-refractivity contribution in [1.29, 1.82) is 0 Å². The lowest BCUT2D eigenvalue weighted by molar-refractivity contribution is -0.00570.